The molecule has 0 amide bonds. The van der Waals surface area contributed by atoms with Crippen LogP contribution in [-0.2, 0) is 0 Å². The quantitative estimate of drug-likeness (QED) is 0.770. The van der Waals surface area contributed by atoms with Gasteiger partial charge in [0.1, 0.15) is 0 Å². The fourth-order valence-electron chi connectivity index (χ4n) is 1.15. The first kappa shape index (κ1) is 10.7. The van der Waals surface area contributed by atoms with E-state index in [9.17, 15) is 9.59 Å². The standard InChI is InChI=1S/C9H6N4O4/c14-8(15)5-1-3-6(4-2-5)13-11-7(9(16)17)10-12-13/h1-4H,(H,14,15)(H,16,17). The van der Waals surface area contributed by atoms with Crippen LogP contribution >= 0.6 is 0 Å². The predicted molar refractivity (Wildman–Crippen MR) is 53.1 cm³/mol. The molecule has 1 aromatic carbocycles. The number of hydrogen-bond donors (Lipinski definition) is 2. The highest BCUT2D eigenvalue weighted by Gasteiger charge is 2.11. The van der Waals surface area contributed by atoms with E-state index in [1.165, 1.54) is 24.3 Å². The minimum Gasteiger partial charge on any atom is -0.478 e. The van der Waals surface area contributed by atoms with E-state index in [0.29, 0.717) is 5.69 Å². The van der Waals surface area contributed by atoms with E-state index in [1.807, 2.05) is 0 Å². The maximum Gasteiger partial charge on any atom is 0.377 e. The summed E-state index contributed by atoms with van der Waals surface area (Å²) in [6, 6.07) is 5.64. The molecular weight excluding hydrogens is 228 g/mol. The second kappa shape index (κ2) is 4.00. The molecule has 2 N–H and O–H groups in total. The molecule has 0 aliphatic rings. The molecule has 0 saturated carbocycles. The summed E-state index contributed by atoms with van der Waals surface area (Å²) in [6.07, 6.45) is 0. The van der Waals surface area contributed by atoms with Gasteiger partial charge in [-0.2, -0.15) is 0 Å². The zero-order chi connectivity index (χ0) is 12.4. The van der Waals surface area contributed by atoms with Crippen molar-refractivity contribution < 1.29 is 19.8 Å². The summed E-state index contributed by atoms with van der Waals surface area (Å²) in [5, 5.41) is 27.7. The van der Waals surface area contributed by atoms with Crippen LogP contribution in [0.15, 0.2) is 24.3 Å². The highest BCUT2D eigenvalue weighted by molar-refractivity contribution is 5.87. The Balaban J connectivity index is 2.33. The van der Waals surface area contributed by atoms with Crippen LogP contribution in [0.3, 0.4) is 0 Å². The maximum absolute atomic E-state index is 10.6. The third kappa shape index (κ3) is 2.09. The Morgan fingerprint density at radius 2 is 1.71 bits per heavy atom. The van der Waals surface area contributed by atoms with Crippen LogP contribution in [0.5, 0.6) is 0 Å². The number of aromatic carboxylic acids is 2. The van der Waals surface area contributed by atoms with Crippen molar-refractivity contribution in [2.45, 2.75) is 0 Å². The number of carbonyl (C=O) groups is 2. The van der Waals surface area contributed by atoms with Crippen LogP contribution in [0.2, 0.25) is 0 Å². The first-order valence-electron chi connectivity index (χ1n) is 4.45. The van der Waals surface area contributed by atoms with Crippen molar-refractivity contribution >= 4 is 11.9 Å². The summed E-state index contributed by atoms with van der Waals surface area (Å²) in [5.41, 5.74) is 0.544. The fraction of sp³-hybridized carbons (Fsp3) is 0. The van der Waals surface area contributed by atoms with Gasteiger partial charge in [-0.15, -0.1) is 15.0 Å². The van der Waals surface area contributed by atoms with Gasteiger partial charge >= 0.3 is 11.9 Å². The Bertz CT molecular complexity index is 575. The predicted octanol–water partition coefficient (Wildman–Crippen LogP) is 0.0587. The first-order valence-corrected chi connectivity index (χ1v) is 4.45. The second-order valence-corrected chi connectivity index (χ2v) is 3.06. The van der Waals surface area contributed by atoms with Gasteiger partial charge in [-0.3, -0.25) is 0 Å². The van der Waals surface area contributed by atoms with Crippen LogP contribution in [0.25, 0.3) is 5.69 Å². The third-order valence-corrected chi connectivity index (χ3v) is 1.95. The number of nitrogens with zero attached hydrogens (tertiary/aromatic N) is 4. The molecule has 2 rings (SSSR count). The summed E-state index contributed by atoms with van der Waals surface area (Å²) in [6.45, 7) is 0. The molecule has 0 unspecified atom stereocenters. The molecule has 0 fully saturated rings. The lowest BCUT2D eigenvalue weighted by atomic mass is 10.2. The van der Waals surface area contributed by atoms with E-state index >= 15 is 0 Å². The van der Waals surface area contributed by atoms with Crippen molar-refractivity contribution in [1.82, 2.24) is 20.2 Å². The molecule has 17 heavy (non-hydrogen) atoms. The Morgan fingerprint density at radius 3 is 2.18 bits per heavy atom. The minimum atomic E-state index is -1.28. The van der Waals surface area contributed by atoms with Gasteiger partial charge in [-0.1, -0.05) is 0 Å². The molecule has 0 atom stereocenters. The summed E-state index contributed by atoms with van der Waals surface area (Å²) < 4.78 is 0. The van der Waals surface area contributed by atoms with Crippen molar-refractivity contribution in [3.63, 3.8) is 0 Å². The normalized spacial score (nSPS) is 10.1. The maximum atomic E-state index is 10.6. The van der Waals surface area contributed by atoms with E-state index in [4.69, 9.17) is 10.2 Å². The molecule has 8 nitrogen and oxygen atoms in total. The van der Waals surface area contributed by atoms with Crippen LogP contribution in [-0.4, -0.2) is 42.4 Å². The van der Waals surface area contributed by atoms with Gasteiger partial charge < -0.3 is 10.2 Å². The molecule has 0 aliphatic carbocycles. The SMILES string of the molecule is O=C(O)c1ccc(-n2nnc(C(=O)O)n2)cc1. The molecule has 86 valence electrons. The van der Waals surface area contributed by atoms with Gasteiger partial charge in [-0.25, -0.2) is 9.59 Å². The highest BCUT2D eigenvalue weighted by Crippen LogP contribution is 2.07. The van der Waals surface area contributed by atoms with Crippen molar-refractivity contribution in [1.29, 1.82) is 0 Å². The monoisotopic (exact) mass is 234 g/mol. The van der Waals surface area contributed by atoms with E-state index in [1.54, 1.807) is 0 Å². The third-order valence-electron chi connectivity index (χ3n) is 1.95. The smallest absolute Gasteiger partial charge is 0.377 e. The van der Waals surface area contributed by atoms with Gasteiger partial charge in [-0.05, 0) is 29.5 Å². The van der Waals surface area contributed by atoms with Crippen LogP contribution in [0.4, 0.5) is 0 Å². The number of hydrogen-bond acceptors (Lipinski definition) is 5. The van der Waals surface area contributed by atoms with Gasteiger partial charge in [0, 0.05) is 0 Å². The van der Waals surface area contributed by atoms with E-state index in [0.717, 1.165) is 4.80 Å². The molecule has 0 bridgehead atoms. The Morgan fingerprint density at radius 1 is 1.06 bits per heavy atom. The molecule has 0 radical (unpaired) electrons. The molecule has 0 aliphatic heterocycles. The Labute approximate surface area is 94.1 Å². The number of benzene rings is 1. The molecule has 8 heteroatoms. The van der Waals surface area contributed by atoms with Crippen molar-refractivity contribution in [3.8, 4) is 5.69 Å². The zero-order valence-electron chi connectivity index (χ0n) is 8.31. The highest BCUT2D eigenvalue weighted by atomic mass is 16.4. The second-order valence-electron chi connectivity index (χ2n) is 3.06. The van der Waals surface area contributed by atoms with Crippen molar-refractivity contribution in [2.75, 3.05) is 0 Å². The lowest BCUT2D eigenvalue weighted by molar-refractivity contribution is 0.0677. The van der Waals surface area contributed by atoms with Crippen molar-refractivity contribution in [2.24, 2.45) is 0 Å². The lowest BCUT2D eigenvalue weighted by Crippen LogP contribution is -2.03. The fourth-order valence-corrected chi connectivity index (χ4v) is 1.15. The summed E-state index contributed by atoms with van der Waals surface area (Å²) in [5.74, 6) is -2.75. The van der Waals surface area contributed by atoms with Crippen LogP contribution < -0.4 is 0 Å². The number of aromatic nitrogens is 4. The number of rotatable bonds is 3. The number of carboxylic acids is 2. The van der Waals surface area contributed by atoms with Crippen LogP contribution in [0.1, 0.15) is 21.0 Å². The average molecular weight is 234 g/mol. The summed E-state index contributed by atoms with van der Waals surface area (Å²) >= 11 is 0. The molecule has 2 aromatic rings. The largest absolute Gasteiger partial charge is 0.478 e. The van der Waals surface area contributed by atoms with E-state index in [2.05, 4.69) is 15.4 Å². The zero-order valence-corrected chi connectivity index (χ0v) is 8.31. The average Bonchev–Trinajstić information content (AvgIpc) is 2.78. The Kier molecular flexibility index (Phi) is 2.53. The van der Waals surface area contributed by atoms with E-state index < -0.39 is 17.8 Å². The first-order chi connectivity index (χ1) is 8.08. The number of carboxylic acid groups (broad SMARTS) is 2. The Hall–Kier alpha value is -2.77. The van der Waals surface area contributed by atoms with Gasteiger partial charge in [0.15, 0.2) is 0 Å². The molecule has 0 spiro atoms. The number of tetrazole rings is 1. The topological polar surface area (TPSA) is 118 Å². The lowest BCUT2D eigenvalue weighted by Gasteiger charge is -1.98. The molecule has 1 heterocycles. The summed E-state index contributed by atoms with van der Waals surface area (Å²) in [7, 11) is 0. The minimum absolute atomic E-state index is 0.118. The summed E-state index contributed by atoms with van der Waals surface area (Å²) in [4.78, 5) is 22.2. The molecular formula is C9H6N4O4. The van der Waals surface area contributed by atoms with Gasteiger partial charge in [0.25, 0.3) is 5.82 Å². The van der Waals surface area contributed by atoms with Crippen molar-refractivity contribution in [3.05, 3.63) is 35.7 Å². The van der Waals surface area contributed by atoms with Gasteiger partial charge in [0.2, 0.25) is 0 Å². The van der Waals surface area contributed by atoms with Crippen LogP contribution in [0, 0.1) is 0 Å². The van der Waals surface area contributed by atoms with E-state index in [-0.39, 0.29) is 5.56 Å². The molecule has 0 saturated heterocycles. The molecule has 1 aromatic heterocycles. The van der Waals surface area contributed by atoms with Gasteiger partial charge in [0.05, 0.1) is 11.3 Å².